The zero-order valence-corrected chi connectivity index (χ0v) is 19.0. The van der Waals surface area contributed by atoms with E-state index in [-0.39, 0.29) is 29.8 Å². The van der Waals surface area contributed by atoms with E-state index >= 15 is 0 Å². The number of piperidine rings is 1. The van der Waals surface area contributed by atoms with Crippen LogP contribution in [0.3, 0.4) is 0 Å². The molecule has 2 aromatic rings. The third-order valence-corrected chi connectivity index (χ3v) is 7.42. The van der Waals surface area contributed by atoms with Crippen molar-refractivity contribution in [3.8, 4) is 17.2 Å². The maximum absolute atomic E-state index is 12.9. The van der Waals surface area contributed by atoms with Crippen molar-refractivity contribution in [1.82, 2.24) is 4.31 Å². The molecule has 2 aromatic carbocycles. The van der Waals surface area contributed by atoms with Crippen LogP contribution in [0, 0.1) is 12.8 Å². The van der Waals surface area contributed by atoms with Gasteiger partial charge in [0.1, 0.15) is 5.75 Å². The second-order valence-electron chi connectivity index (χ2n) is 7.37. The molecule has 0 bridgehead atoms. The molecule has 1 fully saturated rings. The number of nitrogens with one attached hydrogen (secondary N) is 1. The number of ether oxygens (including phenoxy) is 3. The molecule has 9 heteroatoms. The first-order chi connectivity index (χ1) is 14.8. The highest BCUT2D eigenvalue weighted by Gasteiger charge is 2.32. The lowest BCUT2D eigenvalue weighted by Gasteiger charge is -2.30. The van der Waals surface area contributed by atoms with Crippen molar-refractivity contribution in [3.05, 3.63) is 42.0 Å². The summed E-state index contributed by atoms with van der Waals surface area (Å²) in [7, 11) is 1.03. The lowest BCUT2D eigenvalue weighted by molar-refractivity contribution is -0.120. The predicted octanol–water partition coefficient (Wildman–Crippen LogP) is 3.06. The number of hydrogen-bond acceptors (Lipinski definition) is 6. The molecule has 0 unspecified atom stereocenters. The average molecular weight is 449 g/mol. The minimum Gasteiger partial charge on any atom is -0.497 e. The van der Waals surface area contributed by atoms with Crippen molar-refractivity contribution < 1.29 is 27.4 Å². The number of anilines is 1. The fourth-order valence-corrected chi connectivity index (χ4v) is 5.07. The van der Waals surface area contributed by atoms with Gasteiger partial charge in [-0.1, -0.05) is 0 Å². The monoisotopic (exact) mass is 448 g/mol. The van der Waals surface area contributed by atoms with Gasteiger partial charge in [-0.25, -0.2) is 8.42 Å². The Bertz CT molecular complexity index is 1030. The number of hydrogen-bond donors (Lipinski definition) is 1. The van der Waals surface area contributed by atoms with Crippen molar-refractivity contribution in [3.63, 3.8) is 0 Å². The largest absolute Gasteiger partial charge is 0.497 e. The number of sulfonamides is 1. The molecule has 0 aliphatic carbocycles. The summed E-state index contributed by atoms with van der Waals surface area (Å²) in [4.78, 5) is 13.0. The normalized spacial score (nSPS) is 15.4. The molecule has 0 saturated carbocycles. The van der Waals surface area contributed by atoms with E-state index in [1.54, 1.807) is 31.4 Å². The Kier molecular flexibility index (Phi) is 7.07. The molecule has 3 rings (SSSR count). The SMILES string of the molecule is COc1ccc(S(=O)(=O)N2CCC(C(=O)Nc3cc(OC)c(OC)cc3C)CC2)cc1. The molecule has 1 heterocycles. The molecule has 1 N–H and O–H groups in total. The molecule has 168 valence electrons. The summed E-state index contributed by atoms with van der Waals surface area (Å²) in [6.07, 6.45) is 0.904. The van der Waals surface area contributed by atoms with Crippen LogP contribution in [-0.2, 0) is 14.8 Å². The summed E-state index contributed by atoms with van der Waals surface area (Å²) >= 11 is 0. The summed E-state index contributed by atoms with van der Waals surface area (Å²) in [6.45, 7) is 2.45. The quantitative estimate of drug-likeness (QED) is 0.700. The molecule has 0 spiro atoms. The molecule has 1 amide bonds. The topological polar surface area (TPSA) is 94.2 Å². The predicted molar refractivity (Wildman–Crippen MR) is 117 cm³/mol. The maximum atomic E-state index is 12.9. The second-order valence-corrected chi connectivity index (χ2v) is 9.30. The van der Waals surface area contributed by atoms with Gasteiger partial charge in [0.05, 0.1) is 26.2 Å². The third-order valence-electron chi connectivity index (χ3n) is 5.51. The Labute approximate surface area is 183 Å². The summed E-state index contributed by atoms with van der Waals surface area (Å²) in [5.74, 6) is 1.32. The van der Waals surface area contributed by atoms with Gasteiger partial charge in [-0.05, 0) is 55.7 Å². The molecule has 1 aliphatic heterocycles. The van der Waals surface area contributed by atoms with Crippen molar-refractivity contribution in [2.45, 2.75) is 24.7 Å². The minimum atomic E-state index is -3.60. The minimum absolute atomic E-state index is 0.128. The number of carbonyl (C=O) groups excluding carboxylic acids is 1. The number of aryl methyl sites for hydroxylation is 1. The van der Waals surface area contributed by atoms with Crippen molar-refractivity contribution >= 4 is 21.6 Å². The Hall–Kier alpha value is -2.78. The molecular formula is C22H28N2O6S. The standard InChI is InChI=1S/C22H28N2O6S/c1-15-13-20(29-3)21(30-4)14-19(15)23-22(25)16-9-11-24(12-10-16)31(26,27)18-7-5-17(28-2)6-8-18/h5-8,13-14,16H,9-12H2,1-4H3,(H,23,25). The fraction of sp³-hybridized carbons (Fsp3) is 0.409. The van der Waals surface area contributed by atoms with E-state index < -0.39 is 10.0 Å². The molecule has 1 saturated heterocycles. The van der Waals surface area contributed by atoms with Crippen molar-refractivity contribution in [1.29, 1.82) is 0 Å². The maximum Gasteiger partial charge on any atom is 0.243 e. The first kappa shape index (κ1) is 22.9. The Morgan fingerprint density at radius 1 is 0.968 bits per heavy atom. The number of benzene rings is 2. The second kappa shape index (κ2) is 9.57. The van der Waals surface area contributed by atoms with Crippen molar-refractivity contribution in [2.24, 2.45) is 5.92 Å². The van der Waals surface area contributed by atoms with Gasteiger partial charge in [-0.2, -0.15) is 4.31 Å². The van der Waals surface area contributed by atoms with E-state index in [9.17, 15) is 13.2 Å². The highest BCUT2D eigenvalue weighted by molar-refractivity contribution is 7.89. The molecule has 31 heavy (non-hydrogen) atoms. The number of nitrogens with zero attached hydrogens (tertiary/aromatic N) is 1. The van der Waals surface area contributed by atoms with Crippen LogP contribution in [0.15, 0.2) is 41.3 Å². The van der Waals surface area contributed by atoms with E-state index in [0.29, 0.717) is 35.8 Å². The highest BCUT2D eigenvalue weighted by atomic mass is 32.2. The average Bonchev–Trinajstić information content (AvgIpc) is 2.80. The van der Waals surface area contributed by atoms with Gasteiger partial charge < -0.3 is 19.5 Å². The van der Waals surface area contributed by atoms with Crippen LogP contribution in [0.4, 0.5) is 5.69 Å². The first-order valence-electron chi connectivity index (χ1n) is 9.97. The van der Waals surface area contributed by atoms with Gasteiger partial charge in [-0.15, -0.1) is 0 Å². The van der Waals surface area contributed by atoms with Gasteiger partial charge in [0.25, 0.3) is 0 Å². The molecule has 1 aliphatic rings. The molecular weight excluding hydrogens is 420 g/mol. The Balaban J connectivity index is 1.64. The molecule has 0 radical (unpaired) electrons. The first-order valence-corrected chi connectivity index (χ1v) is 11.4. The highest BCUT2D eigenvalue weighted by Crippen LogP contribution is 2.33. The van der Waals surface area contributed by atoms with E-state index in [2.05, 4.69) is 5.32 Å². The zero-order valence-electron chi connectivity index (χ0n) is 18.2. The molecule has 8 nitrogen and oxygen atoms in total. The smallest absolute Gasteiger partial charge is 0.243 e. The van der Waals surface area contributed by atoms with Gasteiger partial charge in [0, 0.05) is 30.8 Å². The zero-order chi connectivity index (χ0) is 22.6. The van der Waals surface area contributed by atoms with Gasteiger partial charge in [0.15, 0.2) is 11.5 Å². The van der Waals surface area contributed by atoms with E-state index in [4.69, 9.17) is 14.2 Å². The summed E-state index contributed by atoms with van der Waals surface area (Å²) in [5, 5.41) is 2.95. The van der Waals surface area contributed by atoms with Gasteiger partial charge >= 0.3 is 0 Å². The van der Waals surface area contributed by atoms with Crippen LogP contribution in [0.1, 0.15) is 18.4 Å². The van der Waals surface area contributed by atoms with E-state index in [0.717, 1.165) is 5.56 Å². The lowest BCUT2D eigenvalue weighted by Crippen LogP contribution is -2.41. The van der Waals surface area contributed by atoms with Crippen LogP contribution < -0.4 is 19.5 Å². The number of carbonyl (C=O) groups is 1. The van der Waals surface area contributed by atoms with Gasteiger partial charge in [-0.3, -0.25) is 4.79 Å². The van der Waals surface area contributed by atoms with Crippen LogP contribution in [0.25, 0.3) is 0 Å². The van der Waals surface area contributed by atoms with Crippen molar-refractivity contribution in [2.75, 3.05) is 39.7 Å². The molecule has 0 aromatic heterocycles. The number of rotatable bonds is 7. The van der Waals surface area contributed by atoms with E-state index in [1.807, 2.05) is 6.92 Å². The van der Waals surface area contributed by atoms with Crippen LogP contribution in [-0.4, -0.2) is 53.0 Å². The van der Waals surface area contributed by atoms with Crippen LogP contribution in [0.2, 0.25) is 0 Å². The van der Waals surface area contributed by atoms with Crippen LogP contribution >= 0.6 is 0 Å². The van der Waals surface area contributed by atoms with Gasteiger partial charge in [0.2, 0.25) is 15.9 Å². The molecule has 0 atom stereocenters. The lowest BCUT2D eigenvalue weighted by atomic mass is 9.97. The summed E-state index contributed by atoms with van der Waals surface area (Å²) < 4.78 is 42.9. The Morgan fingerprint density at radius 2 is 1.55 bits per heavy atom. The number of methoxy groups -OCH3 is 3. The third kappa shape index (κ3) is 4.94. The number of amides is 1. The summed E-state index contributed by atoms with van der Waals surface area (Å²) in [5.41, 5.74) is 1.50. The van der Waals surface area contributed by atoms with Crippen LogP contribution in [0.5, 0.6) is 17.2 Å². The Morgan fingerprint density at radius 3 is 2.10 bits per heavy atom. The summed E-state index contributed by atoms with van der Waals surface area (Å²) in [6, 6.07) is 9.85. The van der Waals surface area contributed by atoms with E-state index in [1.165, 1.54) is 30.7 Å². The fourth-order valence-electron chi connectivity index (χ4n) is 3.61.